The van der Waals surface area contributed by atoms with Crippen molar-refractivity contribution in [1.82, 2.24) is 0 Å². The third-order valence-corrected chi connectivity index (χ3v) is 2.36. The molecule has 0 bridgehead atoms. The fourth-order valence-electron chi connectivity index (χ4n) is 1.52. The molecule has 1 heterocycles. The summed E-state index contributed by atoms with van der Waals surface area (Å²) in [6, 6.07) is 0. The molecule has 1 aliphatic rings. The average Bonchev–Trinajstić information content (AvgIpc) is 2.62. The van der Waals surface area contributed by atoms with Crippen LogP contribution in [0.4, 0.5) is 13.2 Å². The Labute approximate surface area is 96.6 Å². The Kier molecular flexibility index (Phi) is 3.65. The summed E-state index contributed by atoms with van der Waals surface area (Å²) in [6.45, 7) is 4.83. The first-order valence-electron chi connectivity index (χ1n) is 4.84. The van der Waals surface area contributed by atoms with Crippen molar-refractivity contribution in [3.8, 4) is 0 Å². The smallest absolute Gasteiger partial charge is 0.435 e. The lowest BCUT2D eigenvalue weighted by Crippen LogP contribution is -2.46. The van der Waals surface area contributed by atoms with Gasteiger partial charge >= 0.3 is 6.18 Å². The lowest BCUT2D eigenvalue weighted by Gasteiger charge is -2.29. The Morgan fingerprint density at radius 1 is 1.59 bits per heavy atom. The quantitative estimate of drug-likeness (QED) is 0.777. The number of allylic oxidation sites excluding steroid dienone is 3. The van der Waals surface area contributed by atoms with E-state index in [0.29, 0.717) is 0 Å². The zero-order valence-electron chi connectivity index (χ0n) is 9.16. The van der Waals surface area contributed by atoms with Crippen molar-refractivity contribution in [1.29, 1.82) is 0 Å². The van der Waals surface area contributed by atoms with Gasteiger partial charge in [0, 0.05) is 5.57 Å². The second-order valence-electron chi connectivity index (χ2n) is 3.44. The minimum Gasteiger partial charge on any atom is -0.494 e. The maximum Gasteiger partial charge on any atom is 0.435 e. The van der Waals surface area contributed by atoms with Gasteiger partial charge in [-0.1, -0.05) is 36.0 Å². The maximum absolute atomic E-state index is 13.0. The van der Waals surface area contributed by atoms with Gasteiger partial charge in [0.2, 0.25) is 5.90 Å². The molecule has 1 N–H and O–H groups in total. The van der Waals surface area contributed by atoms with Gasteiger partial charge in [0.15, 0.2) is 0 Å². The number of alkyl halides is 3. The maximum atomic E-state index is 13.0. The highest BCUT2D eigenvalue weighted by Crippen LogP contribution is 2.45. The molecule has 6 heteroatoms. The highest BCUT2D eigenvalue weighted by molar-refractivity contribution is 5.77. The Hall–Kier alpha value is -1.72. The van der Waals surface area contributed by atoms with Gasteiger partial charge in [0.1, 0.15) is 0 Å². The summed E-state index contributed by atoms with van der Waals surface area (Å²) < 4.78 is 39.1. The third-order valence-electron chi connectivity index (χ3n) is 2.36. The number of halogens is 3. The summed E-state index contributed by atoms with van der Waals surface area (Å²) in [7, 11) is 0. The van der Waals surface area contributed by atoms with Crippen molar-refractivity contribution >= 4 is 5.90 Å². The van der Waals surface area contributed by atoms with Crippen LogP contribution in [0.25, 0.3) is 0 Å². The number of rotatable bonds is 3. The number of hydrogen-bond acceptors (Lipinski definition) is 2. The summed E-state index contributed by atoms with van der Waals surface area (Å²) in [6.07, 6.45) is -0.187. The van der Waals surface area contributed by atoms with E-state index in [1.54, 1.807) is 0 Å². The highest BCUT2D eigenvalue weighted by atomic mass is 19.4. The predicted octanol–water partition coefficient (Wildman–Crippen LogP) is 3.27. The van der Waals surface area contributed by atoms with Crippen LogP contribution in [0.1, 0.15) is 13.3 Å². The zero-order valence-corrected chi connectivity index (χ0v) is 9.16. The molecule has 0 amide bonds. The molecule has 1 rings (SSSR count). The molecule has 0 saturated heterocycles. The van der Waals surface area contributed by atoms with Gasteiger partial charge in [-0.3, -0.25) is 0 Å². The Bertz CT molecular complexity index is 396. The standard InChI is InChI=1S/C11H12F3NO2/c1-3-5-6-8(4-2)10(11(12,13)14)7-9(16)15-17-10/h3-6H,1,7H2,2H3,(H,15,16)/b6-5-,8-4-. The van der Waals surface area contributed by atoms with E-state index in [2.05, 4.69) is 16.6 Å². The fourth-order valence-corrected chi connectivity index (χ4v) is 1.52. The average molecular weight is 247 g/mol. The minimum absolute atomic E-state index is 0.127. The first-order valence-corrected chi connectivity index (χ1v) is 4.84. The van der Waals surface area contributed by atoms with Crippen molar-refractivity contribution in [3.05, 3.63) is 36.5 Å². The molecular weight excluding hydrogens is 235 g/mol. The van der Waals surface area contributed by atoms with Crippen LogP contribution in [0, 0.1) is 0 Å². The lowest BCUT2D eigenvalue weighted by atomic mass is 9.89. The molecule has 0 fully saturated rings. The van der Waals surface area contributed by atoms with Crippen molar-refractivity contribution in [2.45, 2.75) is 25.1 Å². The van der Waals surface area contributed by atoms with Gasteiger partial charge in [0.25, 0.3) is 5.60 Å². The molecule has 94 valence electrons. The molecule has 0 aromatic rings. The van der Waals surface area contributed by atoms with Gasteiger partial charge in [-0.15, -0.1) is 0 Å². The number of nitrogens with zero attached hydrogens (tertiary/aromatic N) is 1. The first-order chi connectivity index (χ1) is 7.87. The topological polar surface area (TPSA) is 41.8 Å². The molecule has 17 heavy (non-hydrogen) atoms. The van der Waals surface area contributed by atoms with Crippen LogP contribution in [0.2, 0.25) is 0 Å². The lowest BCUT2D eigenvalue weighted by molar-refractivity contribution is -0.251. The molecule has 3 nitrogen and oxygen atoms in total. The van der Waals surface area contributed by atoms with E-state index in [-0.39, 0.29) is 5.57 Å². The van der Waals surface area contributed by atoms with E-state index in [9.17, 15) is 13.2 Å². The summed E-state index contributed by atoms with van der Waals surface area (Å²) >= 11 is 0. The Morgan fingerprint density at radius 2 is 2.24 bits per heavy atom. The Morgan fingerprint density at radius 3 is 2.59 bits per heavy atom. The predicted molar refractivity (Wildman–Crippen MR) is 57.6 cm³/mol. The molecule has 0 radical (unpaired) electrons. The number of aliphatic hydroxyl groups excluding tert-OH is 1. The minimum atomic E-state index is -4.67. The van der Waals surface area contributed by atoms with E-state index in [1.165, 1.54) is 31.2 Å². The van der Waals surface area contributed by atoms with Crippen molar-refractivity contribution < 1.29 is 23.1 Å². The molecule has 0 spiro atoms. The second kappa shape index (κ2) is 4.65. The van der Waals surface area contributed by atoms with E-state index in [1.807, 2.05) is 0 Å². The van der Waals surface area contributed by atoms with E-state index >= 15 is 0 Å². The van der Waals surface area contributed by atoms with Gasteiger partial charge in [-0.2, -0.15) is 13.2 Å². The van der Waals surface area contributed by atoms with E-state index in [0.717, 1.165) is 0 Å². The van der Waals surface area contributed by atoms with E-state index < -0.39 is 24.1 Å². The number of hydrogen-bond donors (Lipinski definition) is 1. The van der Waals surface area contributed by atoms with Gasteiger partial charge < -0.3 is 9.94 Å². The van der Waals surface area contributed by atoms with Gasteiger partial charge in [0.05, 0.1) is 6.42 Å². The van der Waals surface area contributed by atoms with Gasteiger partial charge in [-0.05, 0) is 6.92 Å². The molecule has 1 unspecified atom stereocenters. The summed E-state index contributed by atoms with van der Waals surface area (Å²) in [5.41, 5.74) is -2.73. The van der Waals surface area contributed by atoms with Crippen LogP contribution in [0.5, 0.6) is 0 Å². The van der Waals surface area contributed by atoms with Crippen LogP contribution in [-0.2, 0) is 4.84 Å². The van der Waals surface area contributed by atoms with Crippen LogP contribution in [0.15, 0.2) is 41.6 Å². The van der Waals surface area contributed by atoms with E-state index in [4.69, 9.17) is 5.11 Å². The molecule has 0 aromatic carbocycles. The normalized spacial score (nSPS) is 25.9. The monoisotopic (exact) mass is 247 g/mol. The molecular formula is C11H12F3NO2. The molecule has 1 atom stereocenters. The molecule has 0 aliphatic carbocycles. The first kappa shape index (κ1) is 13.3. The van der Waals surface area contributed by atoms with Crippen molar-refractivity contribution in [3.63, 3.8) is 0 Å². The zero-order chi connectivity index (χ0) is 13.1. The second-order valence-corrected chi connectivity index (χ2v) is 3.44. The van der Waals surface area contributed by atoms with Crippen LogP contribution >= 0.6 is 0 Å². The van der Waals surface area contributed by atoms with Crippen molar-refractivity contribution in [2.75, 3.05) is 0 Å². The third kappa shape index (κ3) is 2.35. The number of aliphatic hydroxyl groups is 1. The SMILES string of the molecule is C=C/C=C\C(=C\C)C1(C(F)(F)F)CC(O)=NO1. The van der Waals surface area contributed by atoms with Gasteiger partial charge in [-0.25, -0.2) is 0 Å². The van der Waals surface area contributed by atoms with Crippen LogP contribution in [0.3, 0.4) is 0 Å². The van der Waals surface area contributed by atoms with Crippen LogP contribution < -0.4 is 0 Å². The largest absolute Gasteiger partial charge is 0.494 e. The molecule has 0 saturated carbocycles. The Balaban J connectivity index is 3.17. The number of oxime groups is 1. The summed E-state index contributed by atoms with van der Waals surface area (Å²) in [4.78, 5) is 4.43. The molecule has 1 aliphatic heterocycles. The molecule has 0 aromatic heterocycles. The highest BCUT2D eigenvalue weighted by Gasteiger charge is 2.62. The summed E-state index contributed by atoms with van der Waals surface area (Å²) in [5.74, 6) is -0.673. The fraction of sp³-hybridized carbons (Fsp3) is 0.364. The van der Waals surface area contributed by atoms with Crippen LogP contribution in [-0.4, -0.2) is 22.8 Å². The van der Waals surface area contributed by atoms with Crippen molar-refractivity contribution in [2.24, 2.45) is 5.16 Å². The summed E-state index contributed by atoms with van der Waals surface area (Å²) in [5, 5.41) is 12.0.